The molecule has 0 bridgehead atoms. The van der Waals surface area contributed by atoms with Crippen LogP contribution in [0.5, 0.6) is 0 Å². The number of hydrogen-bond donors (Lipinski definition) is 0. The van der Waals surface area contributed by atoms with Crippen molar-refractivity contribution in [1.29, 1.82) is 0 Å². The molecule has 12 heavy (non-hydrogen) atoms. The van der Waals surface area contributed by atoms with Gasteiger partial charge in [0.15, 0.2) is 6.29 Å². The summed E-state index contributed by atoms with van der Waals surface area (Å²) in [4.78, 5) is 0. The van der Waals surface area contributed by atoms with Crippen molar-refractivity contribution < 1.29 is 14.2 Å². The third-order valence-electron chi connectivity index (χ3n) is 1.75. The van der Waals surface area contributed by atoms with Gasteiger partial charge in [-0.05, 0) is 12.8 Å². The Morgan fingerprint density at radius 3 is 2.08 bits per heavy atom. The summed E-state index contributed by atoms with van der Waals surface area (Å²) in [6.07, 6.45) is 1.88. The van der Waals surface area contributed by atoms with Crippen LogP contribution < -0.4 is 0 Å². The number of rotatable bonds is 7. The second-order valence-corrected chi connectivity index (χ2v) is 2.70. The third-order valence-corrected chi connectivity index (χ3v) is 1.75. The van der Waals surface area contributed by atoms with Crippen LogP contribution >= 0.6 is 0 Å². The first-order valence-corrected chi connectivity index (χ1v) is 4.45. The van der Waals surface area contributed by atoms with Gasteiger partial charge >= 0.3 is 0 Å². The average molecular weight is 176 g/mol. The first-order valence-electron chi connectivity index (χ1n) is 4.45. The molecule has 0 aliphatic carbocycles. The lowest BCUT2D eigenvalue weighted by Gasteiger charge is -2.21. The van der Waals surface area contributed by atoms with Crippen LogP contribution in [0.15, 0.2) is 0 Å². The molecule has 74 valence electrons. The minimum Gasteiger partial charge on any atom is -0.382 e. The zero-order chi connectivity index (χ0) is 9.40. The smallest absolute Gasteiger partial charge is 0.157 e. The van der Waals surface area contributed by atoms with Crippen LogP contribution in [0.2, 0.25) is 0 Å². The first-order chi connectivity index (χ1) is 5.78. The Hall–Kier alpha value is -0.120. The second-order valence-electron chi connectivity index (χ2n) is 2.70. The highest BCUT2D eigenvalue weighted by molar-refractivity contribution is 4.54. The second kappa shape index (κ2) is 7.53. The summed E-state index contributed by atoms with van der Waals surface area (Å²) in [5.74, 6) is 0. The van der Waals surface area contributed by atoms with E-state index in [0.717, 1.165) is 12.8 Å². The Bertz CT molecular complexity index is 91.8. The summed E-state index contributed by atoms with van der Waals surface area (Å²) >= 11 is 0. The zero-order valence-electron chi connectivity index (χ0n) is 8.50. The Kier molecular flexibility index (Phi) is 7.45. The highest BCUT2D eigenvalue weighted by Crippen LogP contribution is 2.06. The molecule has 0 saturated heterocycles. The van der Waals surface area contributed by atoms with Crippen LogP contribution in [0, 0.1) is 0 Å². The fraction of sp³-hybridized carbons (Fsp3) is 1.00. The van der Waals surface area contributed by atoms with E-state index in [1.807, 2.05) is 6.92 Å². The van der Waals surface area contributed by atoms with Crippen molar-refractivity contribution in [3.05, 3.63) is 0 Å². The number of hydrogen-bond acceptors (Lipinski definition) is 3. The molecule has 0 aromatic rings. The lowest BCUT2D eigenvalue weighted by atomic mass is 10.3. The van der Waals surface area contributed by atoms with Gasteiger partial charge in [0.25, 0.3) is 0 Å². The molecule has 0 radical (unpaired) electrons. The van der Waals surface area contributed by atoms with Crippen LogP contribution in [0.25, 0.3) is 0 Å². The molecule has 3 heteroatoms. The highest BCUT2D eigenvalue weighted by atomic mass is 16.7. The largest absolute Gasteiger partial charge is 0.382 e. The highest BCUT2D eigenvalue weighted by Gasteiger charge is 2.12. The van der Waals surface area contributed by atoms with Crippen LogP contribution in [0.1, 0.15) is 26.7 Å². The van der Waals surface area contributed by atoms with Gasteiger partial charge in [-0.1, -0.05) is 13.8 Å². The van der Waals surface area contributed by atoms with E-state index in [9.17, 15) is 0 Å². The van der Waals surface area contributed by atoms with E-state index in [1.54, 1.807) is 14.2 Å². The normalized spacial score (nSPS) is 16.0. The molecule has 0 saturated carbocycles. The van der Waals surface area contributed by atoms with E-state index in [0.29, 0.717) is 6.61 Å². The molecule has 0 aliphatic rings. The predicted octanol–water partition coefficient (Wildman–Crippen LogP) is 1.81. The summed E-state index contributed by atoms with van der Waals surface area (Å²) in [5.41, 5.74) is 0. The van der Waals surface area contributed by atoms with Gasteiger partial charge in [-0.15, -0.1) is 0 Å². The Labute approximate surface area is 75.0 Å². The standard InChI is InChI=1S/C9H20O3/c1-5-8(7-10-3)12-9(6-2)11-4/h8-9H,5-7H2,1-4H3. The van der Waals surface area contributed by atoms with Crippen molar-refractivity contribution in [2.45, 2.75) is 39.1 Å². The molecule has 2 atom stereocenters. The maximum atomic E-state index is 5.59. The quantitative estimate of drug-likeness (QED) is 0.554. The van der Waals surface area contributed by atoms with Crippen molar-refractivity contribution >= 4 is 0 Å². The van der Waals surface area contributed by atoms with E-state index in [1.165, 1.54) is 0 Å². The van der Waals surface area contributed by atoms with Gasteiger partial charge in [0.05, 0.1) is 12.7 Å². The summed E-state index contributed by atoms with van der Waals surface area (Å²) in [6, 6.07) is 0. The van der Waals surface area contributed by atoms with Crippen molar-refractivity contribution in [3.63, 3.8) is 0 Å². The molecular formula is C9H20O3. The summed E-state index contributed by atoms with van der Waals surface area (Å²) in [7, 11) is 3.34. The molecule has 0 amide bonds. The molecule has 2 unspecified atom stereocenters. The summed E-state index contributed by atoms with van der Waals surface area (Å²) in [5, 5.41) is 0. The minimum atomic E-state index is -0.0925. The molecule has 0 rings (SSSR count). The van der Waals surface area contributed by atoms with Gasteiger partial charge in [0.2, 0.25) is 0 Å². The lowest BCUT2D eigenvalue weighted by molar-refractivity contribution is -0.167. The molecule has 0 spiro atoms. The molecule has 0 aromatic carbocycles. The van der Waals surface area contributed by atoms with Gasteiger partial charge in [-0.3, -0.25) is 0 Å². The SMILES string of the molecule is CCC(COC)OC(CC)OC. The Balaban J connectivity index is 3.65. The van der Waals surface area contributed by atoms with Gasteiger partial charge in [-0.25, -0.2) is 0 Å². The van der Waals surface area contributed by atoms with Crippen molar-refractivity contribution in [2.75, 3.05) is 20.8 Å². The van der Waals surface area contributed by atoms with Gasteiger partial charge < -0.3 is 14.2 Å². The van der Waals surface area contributed by atoms with Crippen LogP contribution in [-0.4, -0.2) is 33.2 Å². The zero-order valence-corrected chi connectivity index (χ0v) is 8.50. The topological polar surface area (TPSA) is 27.7 Å². The molecule has 0 N–H and O–H groups in total. The van der Waals surface area contributed by atoms with Crippen molar-refractivity contribution in [2.24, 2.45) is 0 Å². The van der Waals surface area contributed by atoms with E-state index in [-0.39, 0.29) is 12.4 Å². The molecule has 0 aliphatic heterocycles. The molecule has 0 aromatic heterocycles. The Morgan fingerprint density at radius 1 is 1.08 bits per heavy atom. The fourth-order valence-corrected chi connectivity index (χ4v) is 0.972. The van der Waals surface area contributed by atoms with E-state index >= 15 is 0 Å². The fourth-order valence-electron chi connectivity index (χ4n) is 0.972. The molecule has 0 fully saturated rings. The maximum Gasteiger partial charge on any atom is 0.157 e. The predicted molar refractivity (Wildman–Crippen MR) is 48.1 cm³/mol. The number of ether oxygens (including phenoxy) is 3. The Morgan fingerprint density at radius 2 is 1.75 bits per heavy atom. The molecule has 3 nitrogen and oxygen atoms in total. The third kappa shape index (κ3) is 4.70. The van der Waals surface area contributed by atoms with Gasteiger partial charge in [0.1, 0.15) is 0 Å². The van der Waals surface area contributed by atoms with Crippen LogP contribution in [0.4, 0.5) is 0 Å². The van der Waals surface area contributed by atoms with E-state index in [4.69, 9.17) is 14.2 Å². The molecular weight excluding hydrogens is 156 g/mol. The minimum absolute atomic E-state index is 0.0925. The first kappa shape index (κ1) is 11.9. The van der Waals surface area contributed by atoms with Gasteiger partial charge in [0, 0.05) is 14.2 Å². The van der Waals surface area contributed by atoms with Crippen LogP contribution in [0.3, 0.4) is 0 Å². The van der Waals surface area contributed by atoms with Crippen LogP contribution in [-0.2, 0) is 14.2 Å². The van der Waals surface area contributed by atoms with E-state index < -0.39 is 0 Å². The molecule has 0 heterocycles. The number of methoxy groups -OCH3 is 2. The monoisotopic (exact) mass is 176 g/mol. The average Bonchev–Trinajstić information content (AvgIpc) is 2.12. The maximum absolute atomic E-state index is 5.59. The lowest BCUT2D eigenvalue weighted by Crippen LogP contribution is -2.26. The summed E-state index contributed by atoms with van der Waals surface area (Å²) in [6.45, 7) is 4.75. The van der Waals surface area contributed by atoms with Gasteiger partial charge in [-0.2, -0.15) is 0 Å². The van der Waals surface area contributed by atoms with E-state index in [2.05, 4.69) is 6.92 Å². The van der Waals surface area contributed by atoms with Crippen molar-refractivity contribution in [3.8, 4) is 0 Å². The summed E-state index contributed by atoms with van der Waals surface area (Å²) < 4.78 is 15.7. The van der Waals surface area contributed by atoms with Crippen molar-refractivity contribution in [1.82, 2.24) is 0 Å².